The second-order valence-electron chi connectivity index (χ2n) is 4.13. The van der Waals surface area contributed by atoms with Gasteiger partial charge in [0.1, 0.15) is 5.75 Å². The molecule has 2 N–H and O–H groups in total. The Hall–Kier alpha value is -1.86. The van der Waals surface area contributed by atoms with Crippen LogP contribution in [-0.4, -0.2) is 17.9 Å². The van der Waals surface area contributed by atoms with E-state index in [1.807, 2.05) is 12.1 Å². The van der Waals surface area contributed by atoms with Crippen molar-refractivity contribution in [1.82, 2.24) is 10.9 Å². The van der Waals surface area contributed by atoms with E-state index < -0.39 is 12.0 Å². The van der Waals surface area contributed by atoms with Crippen molar-refractivity contribution in [3.63, 3.8) is 0 Å². The summed E-state index contributed by atoms with van der Waals surface area (Å²) in [4.78, 5) is 24.0. The lowest BCUT2D eigenvalue weighted by Gasteiger charge is -2.14. The minimum atomic E-state index is -0.727. The molecule has 21 heavy (non-hydrogen) atoms. The Bertz CT molecular complexity index is 614. The molecular formula is C14H13BrN2O3S. The summed E-state index contributed by atoms with van der Waals surface area (Å²) >= 11 is 4.61. The summed E-state index contributed by atoms with van der Waals surface area (Å²) in [5, 5.41) is 1.79. The van der Waals surface area contributed by atoms with Crippen molar-refractivity contribution in [2.45, 2.75) is 13.0 Å². The number of ether oxygens (including phenoxy) is 1. The number of carbonyl (C=O) groups excluding carboxylic acids is 2. The van der Waals surface area contributed by atoms with E-state index in [0.29, 0.717) is 10.6 Å². The smallest absolute Gasteiger partial charge is 0.279 e. The summed E-state index contributed by atoms with van der Waals surface area (Å²) in [6.45, 7) is 1.61. The highest BCUT2D eigenvalue weighted by atomic mass is 79.9. The molecule has 1 atom stereocenters. The minimum absolute atomic E-state index is 0.353. The van der Waals surface area contributed by atoms with Crippen LogP contribution in [0.15, 0.2) is 46.3 Å². The molecule has 0 aliphatic rings. The maximum Gasteiger partial charge on any atom is 0.279 e. The molecule has 2 amide bonds. The molecule has 0 fully saturated rings. The van der Waals surface area contributed by atoms with Crippen molar-refractivity contribution in [1.29, 1.82) is 0 Å². The number of thiophene rings is 1. The Labute approximate surface area is 134 Å². The van der Waals surface area contributed by atoms with Crippen molar-refractivity contribution in [3.05, 3.63) is 51.1 Å². The molecule has 0 bridgehead atoms. The van der Waals surface area contributed by atoms with Crippen LogP contribution in [0.1, 0.15) is 16.6 Å². The van der Waals surface area contributed by atoms with Gasteiger partial charge in [0, 0.05) is 4.47 Å². The van der Waals surface area contributed by atoms with Crippen LogP contribution in [-0.2, 0) is 4.79 Å². The van der Waals surface area contributed by atoms with Gasteiger partial charge in [0.05, 0.1) is 4.88 Å². The zero-order chi connectivity index (χ0) is 15.2. The van der Waals surface area contributed by atoms with Gasteiger partial charge in [-0.25, -0.2) is 0 Å². The van der Waals surface area contributed by atoms with Gasteiger partial charge in [-0.1, -0.05) is 22.0 Å². The van der Waals surface area contributed by atoms with E-state index in [4.69, 9.17) is 4.74 Å². The van der Waals surface area contributed by atoms with Crippen LogP contribution in [0.5, 0.6) is 5.75 Å². The van der Waals surface area contributed by atoms with Crippen LogP contribution in [0.25, 0.3) is 0 Å². The number of halogens is 1. The fourth-order valence-electron chi connectivity index (χ4n) is 1.46. The average Bonchev–Trinajstić information content (AvgIpc) is 3.01. The number of hydrazine groups is 1. The summed E-state index contributed by atoms with van der Waals surface area (Å²) in [5.74, 6) is -0.206. The Morgan fingerprint density at radius 2 is 1.90 bits per heavy atom. The van der Waals surface area contributed by atoms with E-state index >= 15 is 0 Å². The number of hydrogen-bond donors (Lipinski definition) is 2. The van der Waals surface area contributed by atoms with E-state index in [9.17, 15) is 9.59 Å². The molecule has 0 aliphatic carbocycles. The summed E-state index contributed by atoms with van der Waals surface area (Å²) < 4.78 is 6.40. The molecule has 1 heterocycles. The van der Waals surface area contributed by atoms with Crippen molar-refractivity contribution in [2.24, 2.45) is 0 Å². The van der Waals surface area contributed by atoms with Crippen LogP contribution in [0.3, 0.4) is 0 Å². The Kier molecular flexibility index (Phi) is 5.35. The topological polar surface area (TPSA) is 67.4 Å². The molecule has 2 aromatic rings. The van der Waals surface area contributed by atoms with E-state index in [1.54, 1.807) is 36.6 Å². The summed E-state index contributed by atoms with van der Waals surface area (Å²) in [6.07, 6.45) is -0.727. The molecule has 2 rings (SSSR count). The van der Waals surface area contributed by atoms with Gasteiger partial charge in [0.15, 0.2) is 6.10 Å². The molecule has 0 aliphatic heterocycles. The van der Waals surface area contributed by atoms with Crippen molar-refractivity contribution >= 4 is 39.1 Å². The lowest BCUT2D eigenvalue weighted by Crippen LogP contribution is -2.47. The summed E-state index contributed by atoms with van der Waals surface area (Å²) in [6, 6.07) is 10.6. The fourth-order valence-corrected chi connectivity index (χ4v) is 2.34. The first kappa shape index (κ1) is 15.5. The predicted molar refractivity (Wildman–Crippen MR) is 84.2 cm³/mol. The highest BCUT2D eigenvalue weighted by Gasteiger charge is 2.16. The first-order valence-corrected chi connectivity index (χ1v) is 7.79. The van der Waals surface area contributed by atoms with Crippen molar-refractivity contribution in [2.75, 3.05) is 0 Å². The lowest BCUT2D eigenvalue weighted by molar-refractivity contribution is -0.128. The first-order valence-electron chi connectivity index (χ1n) is 6.12. The molecule has 0 spiro atoms. The maximum absolute atomic E-state index is 11.8. The quantitative estimate of drug-likeness (QED) is 0.815. The van der Waals surface area contributed by atoms with Gasteiger partial charge >= 0.3 is 0 Å². The first-order chi connectivity index (χ1) is 10.1. The standard InChI is InChI=1S/C14H13BrN2O3S/c1-9(20-11-6-4-10(15)5-7-11)13(18)16-17-14(19)12-3-2-8-21-12/h2-9H,1H3,(H,16,18)(H,17,19)/t9-/m0/s1. The Morgan fingerprint density at radius 3 is 2.52 bits per heavy atom. The molecule has 7 heteroatoms. The molecule has 110 valence electrons. The van der Waals surface area contributed by atoms with Gasteiger partial charge in [-0.05, 0) is 42.6 Å². The van der Waals surface area contributed by atoms with Gasteiger partial charge in [-0.3, -0.25) is 20.4 Å². The van der Waals surface area contributed by atoms with Crippen LogP contribution >= 0.6 is 27.3 Å². The van der Waals surface area contributed by atoms with Gasteiger partial charge in [-0.15, -0.1) is 11.3 Å². The van der Waals surface area contributed by atoms with Gasteiger partial charge in [0.25, 0.3) is 11.8 Å². The third-order valence-corrected chi connectivity index (χ3v) is 3.94. The molecule has 0 saturated heterocycles. The minimum Gasteiger partial charge on any atom is -0.481 e. The van der Waals surface area contributed by atoms with E-state index in [-0.39, 0.29) is 5.91 Å². The van der Waals surface area contributed by atoms with Gasteiger partial charge in [-0.2, -0.15) is 0 Å². The van der Waals surface area contributed by atoms with Crippen LogP contribution in [0.4, 0.5) is 0 Å². The van der Waals surface area contributed by atoms with Gasteiger partial charge < -0.3 is 4.74 Å². The Morgan fingerprint density at radius 1 is 1.19 bits per heavy atom. The average molecular weight is 369 g/mol. The predicted octanol–water partition coefficient (Wildman–Crippen LogP) is 2.74. The van der Waals surface area contributed by atoms with E-state index in [2.05, 4.69) is 26.8 Å². The van der Waals surface area contributed by atoms with Crippen molar-refractivity contribution < 1.29 is 14.3 Å². The number of hydrogen-bond acceptors (Lipinski definition) is 4. The monoisotopic (exact) mass is 368 g/mol. The molecule has 0 unspecified atom stereocenters. The highest BCUT2D eigenvalue weighted by molar-refractivity contribution is 9.10. The number of benzene rings is 1. The molecular weight excluding hydrogens is 356 g/mol. The zero-order valence-electron chi connectivity index (χ0n) is 11.1. The fraction of sp³-hybridized carbons (Fsp3) is 0.143. The normalized spacial score (nSPS) is 11.5. The highest BCUT2D eigenvalue weighted by Crippen LogP contribution is 2.17. The molecule has 5 nitrogen and oxygen atoms in total. The Balaban J connectivity index is 1.82. The van der Waals surface area contributed by atoms with E-state index in [0.717, 1.165) is 4.47 Å². The van der Waals surface area contributed by atoms with E-state index in [1.165, 1.54) is 11.3 Å². The van der Waals surface area contributed by atoms with Crippen LogP contribution < -0.4 is 15.6 Å². The lowest BCUT2D eigenvalue weighted by atomic mass is 10.3. The molecule has 0 radical (unpaired) electrons. The number of rotatable bonds is 4. The third kappa shape index (κ3) is 4.57. The maximum atomic E-state index is 11.8. The zero-order valence-corrected chi connectivity index (χ0v) is 13.5. The summed E-state index contributed by atoms with van der Waals surface area (Å²) in [5.41, 5.74) is 4.68. The van der Waals surface area contributed by atoms with Crippen LogP contribution in [0.2, 0.25) is 0 Å². The van der Waals surface area contributed by atoms with Crippen LogP contribution in [0, 0.1) is 0 Å². The number of nitrogens with one attached hydrogen (secondary N) is 2. The molecule has 0 saturated carbocycles. The second kappa shape index (κ2) is 7.24. The largest absolute Gasteiger partial charge is 0.481 e. The number of carbonyl (C=O) groups is 2. The SMILES string of the molecule is C[C@H](Oc1ccc(Br)cc1)C(=O)NNC(=O)c1cccs1. The van der Waals surface area contributed by atoms with Crippen molar-refractivity contribution in [3.8, 4) is 5.75 Å². The molecule has 1 aromatic carbocycles. The van der Waals surface area contributed by atoms with Gasteiger partial charge in [0.2, 0.25) is 0 Å². The molecule has 1 aromatic heterocycles. The second-order valence-corrected chi connectivity index (χ2v) is 6.00. The summed E-state index contributed by atoms with van der Waals surface area (Å²) in [7, 11) is 0. The number of amides is 2. The third-order valence-electron chi connectivity index (χ3n) is 2.54.